The van der Waals surface area contributed by atoms with Crippen molar-refractivity contribution < 1.29 is 0 Å². The minimum atomic E-state index is 1.11. The van der Waals surface area contributed by atoms with E-state index in [1.165, 1.54) is 91.8 Å². The zero-order chi connectivity index (χ0) is 40.3. The predicted octanol–water partition coefficient (Wildman–Crippen LogP) is 16.8. The molecule has 0 saturated carbocycles. The second-order valence-electron chi connectivity index (χ2n) is 15.7. The van der Waals surface area contributed by atoms with Crippen LogP contribution in [0.1, 0.15) is 0 Å². The Kier molecular flexibility index (Phi) is 8.39. The van der Waals surface area contributed by atoms with Crippen LogP contribution in [0.5, 0.6) is 0 Å². The molecule has 0 N–H and O–H groups in total. The highest BCUT2D eigenvalue weighted by Gasteiger charge is 2.21. The molecule has 0 amide bonds. The van der Waals surface area contributed by atoms with E-state index in [1.807, 2.05) is 11.3 Å². The van der Waals surface area contributed by atoms with Gasteiger partial charge < -0.3 is 9.47 Å². The summed E-state index contributed by atoms with van der Waals surface area (Å²) >= 11 is 1.89. The number of aromatic nitrogens is 1. The summed E-state index contributed by atoms with van der Waals surface area (Å²) in [5.74, 6) is 0. The van der Waals surface area contributed by atoms with Crippen molar-refractivity contribution in [3.8, 4) is 39.1 Å². The molecule has 0 radical (unpaired) electrons. The first kappa shape index (κ1) is 35.2. The Morgan fingerprint density at radius 3 is 1.61 bits per heavy atom. The van der Waals surface area contributed by atoms with E-state index >= 15 is 0 Å². The van der Waals surface area contributed by atoms with Gasteiger partial charge in [0.2, 0.25) is 0 Å². The van der Waals surface area contributed by atoms with Crippen LogP contribution < -0.4 is 4.90 Å². The Labute approximate surface area is 358 Å². The average Bonchev–Trinajstić information content (AvgIpc) is 3.89. The number of hydrogen-bond acceptors (Lipinski definition) is 2. The van der Waals surface area contributed by atoms with Gasteiger partial charge in [0.25, 0.3) is 0 Å². The molecule has 0 saturated heterocycles. The van der Waals surface area contributed by atoms with Gasteiger partial charge in [-0.15, -0.1) is 11.3 Å². The highest BCUT2D eigenvalue weighted by atomic mass is 32.1. The minimum absolute atomic E-state index is 1.11. The summed E-state index contributed by atoms with van der Waals surface area (Å²) in [6.07, 6.45) is 0. The molecule has 0 spiro atoms. The fraction of sp³-hybridized carbons (Fsp3) is 0. The third kappa shape index (κ3) is 5.93. The lowest BCUT2D eigenvalue weighted by atomic mass is 10.0. The lowest BCUT2D eigenvalue weighted by molar-refractivity contribution is 1.19. The molecule has 12 rings (SSSR count). The van der Waals surface area contributed by atoms with Crippen LogP contribution in [0.3, 0.4) is 0 Å². The highest BCUT2D eigenvalue weighted by Crippen LogP contribution is 2.47. The van der Waals surface area contributed by atoms with Gasteiger partial charge in [-0.25, -0.2) is 0 Å². The Bertz CT molecular complexity index is 3550. The maximum atomic E-state index is 2.45. The molecule has 0 unspecified atom stereocenters. The average molecular weight is 795 g/mol. The SMILES string of the molecule is c1ccc(-c2ccc(N(c3ccc(-c4ccc5c6ccc7ccccc7c6n(-c6ccccc6)c5c4)cc3)c3cccc4c3sc3c(-c5ccccc5)cccc34)cc2)cc1. The molecule has 2 heterocycles. The summed E-state index contributed by atoms with van der Waals surface area (Å²) in [7, 11) is 0. The van der Waals surface area contributed by atoms with Crippen molar-refractivity contribution in [3.05, 3.63) is 231 Å². The van der Waals surface area contributed by atoms with Crippen molar-refractivity contribution in [2.75, 3.05) is 4.90 Å². The minimum Gasteiger partial charge on any atom is -0.309 e. The predicted molar refractivity (Wildman–Crippen MR) is 262 cm³/mol. The lowest BCUT2D eigenvalue weighted by Crippen LogP contribution is -2.10. The first-order chi connectivity index (χ1) is 30.3. The first-order valence-electron chi connectivity index (χ1n) is 20.8. The largest absolute Gasteiger partial charge is 0.309 e. The molecular weight excluding hydrogens is 757 g/mol. The molecule has 3 heteroatoms. The van der Waals surface area contributed by atoms with Crippen LogP contribution in [-0.4, -0.2) is 4.57 Å². The van der Waals surface area contributed by atoms with Gasteiger partial charge in [-0.05, 0) is 87.3 Å². The molecule has 10 aromatic carbocycles. The van der Waals surface area contributed by atoms with Crippen molar-refractivity contribution in [2.45, 2.75) is 0 Å². The summed E-state index contributed by atoms with van der Waals surface area (Å²) < 4.78 is 5.02. The molecule has 0 aliphatic carbocycles. The molecule has 12 aromatic rings. The summed E-state index contributed by atoms with van der Waals surface area (Å²) in [5.41, 5.74) is 14.3. The number of hydrogen-bond donors (Lipinski definition) is 0. The number of para-hydroxylation sites is 1. The quantitative estimate of drug-likeness (QED) is 0.156. The second kappa shape index (κ2) is 14.5. The number of fused-ring (bicyclic) bond motifs is 8. The Hall–Kier alpha value is -7.72. The second-order valence-corrected chi connectivity index (χ2v) is 16.7. The monoisotopic (exact) mass is 794 g/mol. The lowest BCUT2D eigenvalue weighted by Gasteiger charge is -2.26. The molecule has 0 fully saturated rings. The highest BCUT2D eigenvalue weighted by molar-refractivity contribution is 7.27. The molecule has 0 atom stereocenters. The van der Waals surface area contributed by atoms with Gasteiger partial charge in [0.15, 0.2) is 0 Å². The Morgan fingerprint density at radius 2 is 0.885 bits per heavy atom. The molecular formula is C58H38N2S. The van der Waals surface area contributed by atoms with Gasteiger partial charge in [0.05, 0.1) is 21.4 Å². The van der Waals surface area contributed by atoms with Crippen LogP contribution in [0.2, 0.25) is 0 Å². The van der Waals surface area contributed by atoms with Gasteiger partial charge in [-0.1, -0.05) is 182 Å². The first-order valence-corrected chi connectivity index (χ1v) is 21.7. The molecule has 0 bridgehead atoms. The van der Waals surface area contributed by atoms with Gasteiger partial charge in [-0.3, -0.25) is 0 Å². The van der Waals surface area contributed by atoms with Gasteiger partial charge in [0, 0.05) is 48.7 Å². The summed E-state index contributed by atoms with van der Waals surface area (Å²) in [5, 5.41) is 7.57. The zero-order valence-corrected chi connectivity index (χ0v) is 34.1. The van der Waals surface area contributed by atoms with E-state index in [1.54, 1.807) is 0 Å². The molecule has 61 heavy (non-hydrogen) atoms. The van der Waals surface area contributed by atoms with Crippen molar-refractivity contribution >= 4 is 81.1 Å². The third-order valence-corrected chi connectivity index (χ3v) is 13.5. The number of rotatable bonds is 7. The van der Waals surface area contributed by atoms with E-state index in [0.29, 0.717) is 0 Å². The normalized spacial score (nSPS) is 11.6. The van der Waals surface area contributed by atoms with Crippen molar-refractivity contribution in [3.63, 3.8) is 0 Å². The number of benzene rings is 10. The van der Waals surface area contributed by atoms with Gasteiger partial charge in [0.1, 0.15) is 0 Å². The Morgan fingerprint density at radius 1 is 0.344 bits per heavy atom. The molecule has 2 aromatic heterocycles. The van der Waals surface area contributed by atoms with E-state index in [-0.39, 0.29) is 0 Å². The molecule has 286 valence electrons. The Balaban J connectivity index is 1.01. The smallest absolute Gasteiger partial charge is 0.0640 e. The number of thiophene rings is 1. The maximum Gasteiger partial charge on any atom is 0.0640 e. The van der Waals surface area contributed by atoms with Gasteiger partial charge >= 0.3 is 0 Å². The van der Waals surface area contributed by atoms with E-state index in [4.69, 9.17) is 0 Å². The van der Waals surface area contributed by atoms with Crippen LogP contribution in [-0.2, 0) is 0 Å². The van der Waals surface area contributed by atoms with Crippen LogP contribution in [0, 0.1) is 0 Å². The van der Waals surface area contributed by atoms with Crippen molar-refractivity contribution in [1.82, 2.24) is 4.57 Å². The summed E-state index contributed by atoms with van der Waals surface area (Å²) in [6, 6.07) is 84.0. The standard InChI is InChI=1S/C58H38N2S/c1-4-14-39(15-5-1)40-26-32-46(33-27-40)59(54-25-13-24-53-52-23-12-22-49(57(52)61-58(53)54)42-16-6-2-7-17-42)47-34-28-41(29-35-47)44-31-36-50-51-37-30-43-18-10-11-21-48(43)56(51)60(55(50)38-44)45-19-8-3-9-20-45/h1-38H. The molecule has 2 nitrogen and oxygen atoms in total. The number of anilines is 3. The van der Waals surface area contributed by atoms with E-state index in [9.17, 15) is 0 Å². The fourth-order valence-corrected chi connectivity index (χ4v) is 10.6. The zero-order valence-electron chi connectivity index (χ0n) is 33.2. The third-order valence-electron chi connectivity index (χ3n) is 12.2. The van der Waals surface area contributed by atoms with E-state index in [2.05, 4.69) is 240 Å². The van der Waals surface area contributed by atoms with Crippen LogP contribution in [0.15, 0.2) is 231 Å². The van der Waals surface area contributed by atoms with E-state index in [0.717, 1.165) is 17.1 Å². The van der Waals surface area contributed by atoms with Crippen LogP contribution >= 0.6 is 11.3 Å². The van der Waals surface area contributed by atoms with Gasteiger partial charge in [-0.2, -0.15) is 0 Å². The molecule has 0 aliphatic rings. The van der Waals surface area contributed by atoms with E-state index < -0.39 is 0 Å². The summed E-state index contributed by atoms with van der Waals surface area (Å²) in [6.45, 7) is 0. The topological polar surface area (TPSA) is 8.17 Å². The van der Waals surface area contributed by atoms with Crippen molar-refractivity contribution in [1.29, 1.82) is 0 Å². The van der Waals surface area contributed by atoms with Crippen LogP contribution in [0.25, 0.3) is 91.8 Å². The maximum absolute atomic E-state index is 2.45. The van der Waals surface area contributed by atoms with Crippen LogP contribution in [0.4, 0.5) is 17.1 Å². The fourth-order valence-electron chi connectivity index (χ4n) is 9.29. The number of nitrogens with zero attached hydrogens (tertiary/aromatic N) is 2. The summed E-state index contributed by atoms with van der Waals surface area (Å²) in [4.78, 5) is 2.43. The molecule has 0 aliphatic heterocycles. The van der Waals surface area contributed by atoms with Crippen molar-refractivity contribution in [2.24, 2.45) is 0 Å².